The van der Waals surface area contributed by atoms with Gasteiger partial charge in [-0.3, -0.25) is 19.2 Å². The fourth-order valence-electron chi connectivity index (χ4n) is 4.76. The molecule has 5 rings (SSSR count). The zero-order valence-electron chi connectivity index (χ0n) is 21.5. The number of Topliss-reactive ketones (excluding diaryl/α,β-unsaturated/α-hetero) is 1. The van der Waals surface area contributed by atoms with E-state index in [1.807, 2.05) is 60.7 Å². The number of nitrogens with one attached hydrogen (secondary N) is 2. The smallest absolute Gasteiger partial charge is 0.289 e. The topological polar surface area (TPSA) is 105 Å². The third-order valence-corrected chi connectivity index (χ3v) is 6.94. The second kappa shape index (κ2) is 11.9. The van der Waals surface area contributed by atoms with Gasteiger partial charge in [0, 0.05) is 24.6 Å². The van der Waals surface area contributed by atoms with Crippen molar-refractivity contribution in [3.8, 4) is 11.5 Å². The molecule has 1 aliphatic heterocycles. The van der Waals surface area contributed by atoms with E-state index >= 15 is 0 Å². The summed E-state index contributed by atoms with van der Waals surface area (Å²) in [4.78, 5) is 54.0. The molecular weight excluding hydrogens is 494 g/mol. The third-order valence-electron chi connectivity index (χ3n) is 6.94. The average molecular weight is 526 g/mol. The number of carbonyl (C=O) groups is 4. The normalized spacial score (nSPS) is 17.2. The van der Waals surface area contributed by atoms with Gasteiger partial charge in [-0.1, -0.05) is 54.6 Å². The Morgan fingerprint density at radius 3 is 2.26 bits per heavy atom. The standard InChI is InChI=1S/C31H31N3O5/c35-28(30(37)32-23-16-17-23)27-15-8-18-34(27)31(38)26(19-21-9-3-1-4-10-21)33-29(36)22-11-7-14-25(20-22)39-24-12-5-2-6-13-24/h1-7,9-14,20,23,26-27H,8,15-19H2,(H,32,37)(H,33,36)/t26-,27-/m0/s1. The first-order valence-electron chi connectivity index (χ1n) is 13.3. The van der Waals surface area contributed by atoms with Crippen LogP contribution in [0.2, 0.25) is 0 Å². The fraction of sp³-hybridized carbons (Fsp3) is 0.290. The predicted molar refractivity (Wildman–Crippen MR) is 145 cm³/mol. The highest BCUT2D eigenvalue weighted by molar-refractivity contribution is 6.38. The summed E-state index contributed by atoms with van der Waals surface area (Å²) in [6, 6.07) is 23.7. The monoisotopic (exact) mass is 525 g/mol. The quantitative estimate of drug-likeness (QED) is 0.393. The molecule has 2 fully saturated rings. The lowest BCUT2D eigenvalue weighted by atomic mass is 10.0. The van der Waals surface area contributed by atoms with Crippen LogP contribution in [0, 0.1) is 0 Å². The Morgan fingerprint density at radius 1 is 0.846 bits per heavy atom. The molecule has 2 aliphatic rings. The van der Waals surface area contributed by atoms with E-state index in [9.17, 15) is 19.2 Å². The Morgan fingerprint density at radius 2 is 1.54 bits per heavy atom. The van der Waals surface area contributed by atoms with Crippen molar-refractivity contribution >= 4 is 23.5 Å². The summed E-state index contributed by atoms with van der Waals surface area (Å²) in [6.07, 6.45) is 3.03. The maximum Gasteiger partial charge on any atom is 0.289 e. The van der Waals surface area contributed by atoms with Crippen molar-refractivity contribution < 1.29 is 23.9 Å². The molecule has 0 unspecified atom stereocenters. The molecule has 0 spiro atoms. The average Bonchev–Trinajstić information content (AvgIpc) is 3.64. The number of hydrogen-bond donors (Lipinski definition) is 2. The van der Waals surface area contributed by atoms with Crippen molar-refractivity contribution in [2.75, 3.05) is 6.54 Å². The zero-order valence-corrected chi connectivity index (χ0v) is 21.5. The SMILES string of the molecule is O=C(NC1CC1)C(=O)[C@@H]1CCCN1C(=O)[C@H](Cc1ccccc1)NC(=O)c1cccc(Oc2ccccc2)c1. The van der Waals surface area contributed by atoms with E-state index < -0.39 is 29.7 Å². The molecular formula is C31H31N3O5. The highest BCUT2D eigenvalue weighted by Gasteiger charge is 2.41. The summed E-state index contributed by atoms with van der Waals surface area (Å²) in [5, 5.41) is 5.61. The van der Waals surface area contributed by atoms with Gasteiger partial charge in [0.15, 0.2) is 0 Å². The molecule has 2 atom stereocenters. The van der Waals surface area contributed by atoms with Gasteiger partial charge in [0.25, 0.3) is 11.8 Å². The van der Waals surface area contributed by atoms with Crippen LogP contribution in [0.5, 0.6) is 11.5 Å². The summed E-state index contributed by atoms with van der Waals surface area (Å²) in [5.74, 6) is -0.908. The molecule has 200 valence electrons. The van der Waals surface area contributed by atoms with Crippen LogP contribution >= 0.6 is 0 Å². The molecule has 8 heteroatoms. The molecule has 3 amide bonds. The van der Waals surface area contributed by atoms with Crippen LogP contribution in [0.25, 0.3) is 0 Å². The van der Waals surface area contributed by atoms with Crippen molar-refractivity contribution in [1.82, 2.24) is 15.5 Å². The Hall–Kier alpha value is -4.46. The van der Waals surface area contributed by atoms with E-state index in [-0.39, 0.29) is 18.4 Å². The first kappa shape index (κ1) is 26.2. The summed E-state index contributed by atoms with van der Waals surface area (Å²) in [7, 11) is 0. The largest absolute Gasteiger partial charge is 0.457 e. The van der Waals surface area contributed by atoms with Gasteiger partial charge in [-0.05, 0) is 61.6 Å². The van der Waals surface area contributed by atoms with E-state index in [0.29, 0.717) is 36.4 Å². The number of ether oxygens (including phenoxy) is 1. The molecule has 1 heterocycles. The third kappa shape index (κ3) is 6.71. The van der Waals surface area contributed by atoms with Crippen LogP contribution in [0.1, 0.15) is 41.6 Å². The van der Waals surface area contributed by atoms with Gasteiger partial charge in [-0.15, -0.1) is 0 Å². The second-order valence-corrected chi connectivity index (χ2v) is 9.96. The van der Waals surface area contributed by atoms with Gasteiger partial charge in [0.1, 0.15) is 23.6 Å². The Bertz CT molecular complexity index is 1340. The van der Waals surface area contributed by atoms with Crippen LogP contribution < -0.4 is 15.4 Å². The van der Waals surface area contributed by atoms with E-state index in [4.69, 9.17) is 4.74 Å². The lowest BCUT2D eigenvalue weighted by Crippen LogP contribution is -2.54. The Balaban J connectivity index is 1.33. The molecule has 0 radical (unpaired) electrons. The molecule has 8 nitrogen and oxygen atoms in total. The molecule has 0 aromatic heterocycles. The van der Waals surface area contributed by atoms with Gasteiger partial charge in [-0.2, -0.15) is 0 Å². The number of nitrogens with zero attached hydrogens (tertiary/aromatic N) is 1. The number of para-hydroxylation sites is 1. The molecule has 1 aliphatic carbocycles. The minimum absolute atomic E-state index is 0.0544. The van der Waals surface area contributed by atoms with E-state index in [2.05, 4.69) is 10.6 Å². The molecule has 1 saturated heterocycles. The number of rotatable bonds is 10. The lowest BCUT2D eigenvalue weighted by Gasteiger charge is -2.28. The Labute approximate surface area is 227 Å². The van der Waals surface area contributed by atoms with Gasteiger partial charge >= 0.3 is 0 Å². The molecule has 1 saturated carbocycles. The van der Waals surface area contributed by atoms with Gasteiger partial charge in [0.2, 0.25) is 11.7 Å². The number of likely N-dealkylation sites (tertiary alicyclic amines) is 1. The van der Waals surface area contributed by atoms with E-state index in [0.717, 1.165) is 18.4 Å². The van der Waals surface area contributed by atoms with Crippen molar-refractivity contribution in [2.24, 2.45) is 0 Å². The van der Waals surface area contributed by atoms with Crippen LogP contribution in [0.4, 0.5) is 0 Å². The summed E-state index contributed by atoms with van der Waals surface area (Å²) < 4.78 is 5.86. The summed E-state index contributed by atoms with van der Waals surface area (Å²) >= 11 is 0. The predicted octanol–water partition coefficient (Wildman–Crippen LogP) is 3.66. The highest BCUT2D eigenvalue weighted by atomic mass is 16.5. The second-order valence-electron chi connectivity index (χ2n) is 9.96. The van der Waals surface area contributed by atoms with Gasteiger partial charge < -0.3 is 20.3 Å². The molecule has 2 N–H and O–H groups in total. The summed E-state index contributed by atoms with van der Waals surface area (Å²) in [5.41, 5.74) is 1.21. The van der Waals surface area contributed by atoms with Crippen LogP contribution in [0.15, 0.2) is 84.9 Å². The van der Waals surface area contributed by atoms with E-state index in [1.165, 1.54) is 4.90 Å². The van der Waals surface area contributed by atoms with E-state index in [1.54, 1.807) is 24.3 Å². The summed E-state index contributed by atoms with van der Waals surface area (Å²) in [6.45, 7) is 0.355. The highest BCUT2D eigenvalue weighted by Crippen LogP contribution is 2.24. The Kier molecular flexibility index (Phi) is 8.01. The van der Waals surface area contributed by atoms with Gasteiger partial charge in [-0.25, -0.2) is 0 Å². The van der Waals surface area contributed by atoms with Gasteiger partial charge in [0.05, 0.1) is 0 Å². The number of amides is 3. The van der Waals surface area contributed by atoms with Crippen molar-refractivity contribution in [3.63, 3.8) is 0 Å². The number of carbonyl (C=O) groups excluding carboxylic acids is 4. The van der Waals surface area contributed by atoms with Crippen LogP contribution in [-0.2, 0) is 20.8 Å². The van der Waals surface area contributed by atoms with Crippen molar-refractivity contribution in [1.29, 1.82) is 0 Å². The maximum absolute atomic E-state index is 13.8. The van der Waals surface area contributed by atoms with Crippen molar-refractivity contribution in [2.45, 2.75) is 50.2 Å². The molecule has 39 heavy (non-hydrogen) atoms. The fourth-order valence-corrected chi connectivity index (χ4v) is 4.76. The minimum Gasteiger partial charge on any atom is -0.457 e. The van der Waals surface area contributed by atoms with Crippen LogP contribution in [0.3, 0.4) is 0 Å². The number of ketones is 1. The first-order chi connectivity index (χ1) is 19.0. The zero-order chi connectivity index (χ0) is 27.2. The molecule has 0 bridgehead atoms. The maximum atomic E-state index is 13.8. The lowest BCUT2D eigenvalue weighted by molar-refractivity contribution is -0.145. The van der Waals surface area contributed by atoms with Crippen molar-refractivity contribution in [3.05, 3.63) is 96.1 Å². The minimum atomic E-state index is -0.918. The number of benzene rings is 3. The number of hydrogen-bond acceptors (Lipinski definition) is 5. The molecule has 3 aromatic rings. The molecule has 3 aromatic carbocycles. The first-order valence-corrected chi connectivity index (χ1v) is 13.3. The van der Waals surface area contributed by atoms with Crippen LogP contribution in [-0.4, -0.2) is 53.1 Å².